The van der Waals surface area contributed by atoms with Crippen molar-refractivity contribution in [1.82, 2.24) is 23.9 Å². The molecular weight excluding hydrogens is 703 g/mol. The molecule has 7 nitrogen and oxygen atoms in total. The smallest absolute Gasteiger partial charge is 0.221 e. The lowest BCUT2D eigenvalue weighted by atomic mass is 9.79. The van der Waals surface area contributed by atoms with E-state index < -0.39 is 0 Å². The molecule has 1 unspecified atom stereocenters. The maximum atomic E-state index is 6.87. The molecule has 12 rings (SSSR count). The van der Waals surface area contributed by atoms with Crippen LogP contribution in [0.2, 0.25) is 0 Å². The number of rotatable bonds is 5. The molecule has 7 heteroatoms. The first-order valence-corrected chi connectivity index (χ1v) is 20.4. The van der Waals surface area contributed by atoms with Gasteiger partial charge in [-0.15, -0.1) is 0 Å². The highest BCUT2D eigenvalue weighted by Gasteiger charge is 2.31. The largest absolute Gasteiger partial charge is 0.455 e. The quantitative estimate of drug-likeness (QED) is 0.176. The van der Waals surface area contributed by atoms with Crippen LogP contribution in [0.4, 0.5) is 0 Å². The second-order valence-corrected chi connectivity index (χ2v) is 16.5. The van der Waals surface area contributed by atoms with Crippen LogP contribution in [-0.2, 0) is 12.8 Å². The van der Waals surface area contributed by atoms with Gasteiger partial charge in [0.2, 0.25) is 11.7 Å². The van der Waals surface area contributed by atoms with Crippen molar-refractivity contribution in [2.45, 2.75) is 58.8 Å². The number of para-hydroxylation sites is 2. The van der Waals surface area contributed by atoms with Crippen LogP contribution < -0.4 is 4.74 Å². The summed E-state index contributed by atoms with van der Waals surface area (Å²) >= 11 is 0. The normalized spacial score (nSPS) is 16.2. The number of benzene rings is 5. The third-order valence-electron chi connectivity index (χ3n) is 13.1. The predicted octanol–water partition coefficient (Wildman–Crippen LogP) is 12.6. The van der Waals surface area contributed by atoms with E-state index in [9.17, 15) is 0 Å². The molecule has 2 aliphatic carbocycles. The van der Waals surface area contributed by atoms with Crippen molar-refractivity contribution in [1.29, 1.82) is 0 Å². The number of aryl methyl sites for hydroxylation is 2. The Hall–Kier alpha value is -6.47. The molecule has 5 heterocycles. The summed E-state index contributed by atoms with van der Waals surface area (Å²) in [5, 5.41) is 4.28. The lowest BCUT2D eigenvalue weighted by Crippen LogP contribution is -2.18. The second kappa shape index (κ2) is 12.5. The van der Waals surface area contributed by atoms with E-state index in [0.717, 1.165) is 96.4 Å². The maximum absolute atomic E-state index is 6.87. The molecule has 57 heavy (non-hydrogen) atoms. The van der Waals surface area contributed by atoms with Crippen molar-refractivity contribution in [3.8, 4) is 28.6 Å². The van der Waals surface area contributed by atoms with Crippen LogP contribution in [0.25, 0.3) is 77.6 Å². The van der Waals surface area contributed by atoms with Crippen LogP contribution in [-0.4, -0.2) is 23.9 Å². The zero-order valence-corrected chi connectivity index (χ0v) is 32.1. The molecule has 0 saturated heterocycles. The highest BCUT2D eigenvalue weighted by atomic mass is 16.5. The Morgan fingerprint density at radius 3 is 2.44 bits per heavy atom. The standard InChI is InChI=1S/C50H41N5O2/c1-29-16-18-36(22-30(29)2)54-49-45(55-44-15-9-8-14-42(44)52-50(54)55)20-21-46(53-49)56-37-26-40-39-19-17-32-12-6-7-13-38(32)47(39)57-48(40)41(27-37)43-25-34-23-33(24-35(34)28-51-43)31-10-4-3-5-11-31/h6-9,12-22,25-28,31,33H,3-5,10-11,23-24H2,1-2H3. The molecule has 0 spiro atoms. The van der Waals surface area contributed by atoms with Crippen LogP contribution in [0, 0.1) is 25.7 Å². The summed E-state index contributed by atoms with van der Waals surface area (Å²) < 4.78 is 18.0. The van der Waals surface area contributed by atoms with Gasteiger partial charge in [-0.1, -0.05) is 80.6 Å². The van der Waals surface area contributed by atoms with Crippen LogP contribution >= 0.6 is 0 Å². The third kappa shape index (κ3) is 5.14. The van der Waals surface area contributed by atoms with Gasteiger partial charge in [-0.2, -0.15) is 4.98 Å². The van der Waals surface area contributed by atoms with Gasteiger partial charge in [-0.3, -0.25) is 14.0 Å². The molecule has 5 aromatic carbocycles. The molecule has 278 valence electrons. The number of aromatic nitrogens is 5. The van der Waals surface area contributed by atoms with Crippen LogP contribution in [0.5, 0.6) is 11.6 Å². The Bertz CT molecular complexity index is 3250. The number of furan rings is 1. The Morgan fingerprint density at radius 1 is 0.667 bits per heavy atom. The van der Waals surface area contributed by atoms with E-state index in [2.05, 4.69) is 126 Å². The van der Waals surface area contributed by atoms with Crippen molar-refractivity contribution < 1.29 is 9.15 Å². The van der Waals surface area contributed by atoms with Gasteiger partial charge in [0, 0.05) is 34.0 Å². The summed E-state index contributed by atoms with van der Waals surface area (Å²) in [4.78, 5) is 15.5. The Morgan fingerprint density at radius 2 is 1.53 bits per heavy atom. The van der Waals surface area contributed by atoms with E-state index in [1.165, 1.54) is 54.4 Å². The zero-order chi connectivity index (χ0) is 37.8. The van der Waals surface area contributed by atoms with E-state index in [4.69, 9.17) is 24.1 Å². The first kappa shape index (κ1) is 32.7. The van der Waals surface area contributed by atoms with E-state index in [1.54, 1.807) is 0 Å². The third-order valence-corrected chi connectivity index (χ3v) is 13.1. The molecule has 1 atom stereocenters. The van der Waals surface area contributed by atoms with E-state index in [1.807, 2.05) is 12.1 Å². The second-order valence-electron chi connectivity index (χ2n) is 16.5. The summed E-state index contributed by atoms with van der Waals surface area (Å²) in [6.45, 7) is 4.28. The molecule has 0 N–H and O–H groups in total. The van der Waals surface area contributed by atoms with Crippen molar-refractivity contribution in [2.75, 3.05) is 0 Å². The lowest BCUT2D eigenvalue weighted by Gasteiger charge is -2.27. The van der Waals surface area contributed by atoms with Gasteiger partial charge in [0.05, 0.1) is 27.9 Å². The summed E-state index contributed by atoms with van der Waals surface area (Å²) in [6.07, 6.45) is 11.3. The van der Waals surface area contributed by atoms with Gasteiger partial charge >= 0.3 is 0 Å². The van der Waals surface area contributed by atoms with Crippen LogP contribution in [0.3, 0.4) is 0 Å². The van der Waals surface area contributed by atoms with Gasteiger partial charge in [0.25, 0.3) is 0 Å². The fourth-order valence-electron chi connectivity index (χ4n) is 9.99. The number of pyridine rings is 2. The summed E-state index contributed by atoms with van der Waals surface area (Å²) in [5.41, 5.74) is 13.5. The predicted molar refractivity (Wildman–Crippen MR) is 229 cm³/mol. The average Bonchev–Trinajstić information content (AvgIpc) is 4.02. The van der Waals surface area contributed by atoms with E-state index in [0.29, 0.717) is 17.5 Å². The number of ether oxygens (including phenoxy) is 1. The van der Waals surface area contributed by atoms with Crippen molar-refractivity contribution in [3.05, 3.63) is 138 Å². The van der Waals surface area contributed by atoms with Gasteiger partial charge in [-0.25, -0.2) is 4.98 Å². The first-order valence-electron chi connectivity index (χ1n) is 20.4. The minimum atomic E-state index is 0.499. The Kier molecular flexibility index (Phi) is 7.19. The topological polar surface area (TPSA) is 70.4 Å². The minimum Gasteiger partial charge on any atom is -0.455 e. The fourth-order valence-corrected chi connectivity index (χ4v) is 9.99. The average molecular weight is 744 g/mol. The minimum absolute atomic E-state index is 0.499. The molecule has 0 amide bonds. The highest BCUT2D eigenvalue weighted by molar-refractivity contribution is 6.17. The van der Waals surface area contributed by atoms with Crippen molar-refractivity contribution >= 4 is 60.7 Å². The van der Waals surface area contributed by atoms with Crippen molar-refractivity contribution in [3.63, 3.8) is 0 Å². The number of hydrogen-bond donors (Lipinski definition) is 0. The molecule has 5 aromatic heterocycles. The zero-order valence-electron chi connectivity index (χ0n) is 32.1. The van der Waals surface area contributed by atoms with Gasteiger partial charge < -0.3 is 9.15 Å². The first-order chi connectivity index (χ1) is 28.0. The molecule has 10 aromatic rings. The molecule has 0 radical (unpaired) electrons. The highest BCUT2D eigenvalue weighted by Crippen LogP contribution is 2.44. The SMILES string of the molecule is Cc1ccc(-n2c3nc(Oc4cc(-c5cc6c(cn5)CC(C5CCCCC5)C6)c5oc6c7ccccc7ccc6c5c4)ccc3n3c4ccccc4nc23)cc1C. The number of imidazole rings is 2. The molecule has 0 bridgehead atoms. The van der Waals surface area contributed by atoms with Gasteiger partial charge in [-0.05, 0) is 121 Å². The number of hydrogen-bond acceptors (Lipinski definition) is 5. The summed E-state index contributed by atoms with van der Waals surface area (Å²) in [6, 6.07) is 38.1. The van der Waals surface area contributed by atoms with Gasteiger partial charge in [0.1, 0.15) is 16.9 Å². The van der Waals surface area contributed by atoms with Crippen LogP contribution in [0.1, 0.15) is 54.4 Å². The Balaban J connectivity index is 1.02. The molecule has 1 saturated carbocycles. The lowest BCUT2D eigenvalue weighted by molar-refractivity contribution is 0.255. The maximum Gasteiger partial charge on any atom is 0.221 e. The molecule has 0 aliphatic heterocycles. The molecule has 1 fully saturated rings. The van der Waals surface area contributed by atoms with E-state index in [-0.39, 0.29) is 0 Å². The van der Waals surface area contributed by atoms with Crippen LogP contribution in [0.15, 0.2) is 120 Å². The Labute approximate surface area is 329 Å². The fraction of sp³-hybridized carbons (Fsp3) is 0.220. The monoisotopic (exact) mass is 743 g/mol. The van der Waals surface area contributed by atoms with Crippen molar-refractivity contribution in [2.24, 2.45) is 11.8 Å². The van der Waals surface area contributed by atoms with Gasteiger partial charge in [0.15, 0.2) is 5.65 Å². The summed E-state index contributed by atoms with van der Waals surface area (Å²) in [7, 11) is 0. The summed E-state index contributed by atoms with van der Waals surface area (Å²) in [5.74, 6) is 3.54. The number of fused-ring (bicyclic) bond motifs is 11. The van der Waals surface area contributed by atoms with E-state index >= 15 is 0 Å². The number of nitrogens with zero attached hydrogens (tertiary/aromatic N) is 5. The molecule has 2 aliphatic rings. The molecular formula is C50H41N5O2.